The molecule has 0 spiro atoms. The molecule has 4 aromatic rings. The number of hydrogen-bond donors (Lipinski definition) is 2. The molecule has 0 bridgehead atoms. The van der Waals surface area contributed by atoms with E-state index in [1.165, 1.54) is 6.07 Å². The van der Waals surface area contributed by atoms with Crippen LogP contribution in [0.3, 0.4) is 0 Å². The molecule has 0 atom stereocenters. The molecule has 36 heavy (non-hydrogen) atoms. The number of pyridine rings is 1. The van der Waals surface area contributed by atoms with Gasteiger partial charge < -0.3 is 14.6 Å². The second-order valence-electron chi connectivity index (χ2n) is 8.35. The molecule has 0 unspecified atom stereocenters. The van der Waals surface area contributed by atoms with Crippen LogP contribution < -0.4 is 15.5 Å². The fraction of sp³-hybridized carbons (Fsp3) is 0.200. The van der Waals surface area contributed by atoms with Crippen molar-refractivity contribution in [2.24, 2.45) is 0 Å². The predicted octanol–water partition coefficient (Wildman–Crippen LogP) is 4.92. The molecule has 0 radical (unpaired) electrons. The number of piperidine rings is 1. The summed E-state index contributed by atoms with van der Waals surface area (Å²) in [5.74, 6) is -0.0710. The van der Waals surface area contributed by atoms with Crippen LogP contribution in [0, 0.1) is 10.1 Å². The number of aromatic nitrogens is 2. The zero-order valence-electron chi connectivity index (χ0n) is 19.1. The fourth-order valence-electron chi connectivity index (χ4n) is 4.17. The smallest absolute Gasteiger partial charge is 0.293 e. The van der Waals surface area contributed by atoms with E-state index in [0.29, 0.717) is 28.4 Å². The summed E-state index contributed by atoms with van der Waals surface area (Å²) in [5.41, 5.74) is 3.22. The van der Waals surface area contributed by atoms with Gasteiger partial charge in [0, 0.05) is 48.4 Å². The molecule has 1 saturated heterocycles. The first-order valence-electron chi connectivity index (χ1n) is 11.4. The molecule has 3 heterocycles. The summed E-state index contributed by atoms with van der Waals surface area (Å²) in [6.45, 7) is 1.53. The SMILES string of the molecule is O=C(NC(=S)Nc1ccc2oc(-c3ccncc3)nc2c1)c1ccc(N2CCCCC2)c([N+](=O)[O-])c1. The van der Waals surface area contributed by atoms with Crippen molar-refractivity contribution in [2.75, 3.05) is 23.3 Å². The van der Waals surface area contributed by atoms with E-state index in [9.17, 15) is 14.9 Å². The van der Waals surface area contributed by atoms with Gasteiger partial charge >= 0.3 is 0 Å². The van der Waals surface area contributed by atoms with E-state index >= 15 is 0 Å². The highest BCUT2D eigenvalue weighted by molar-refractivity contribution is 7.80. The maximum absolute atomic E-state index is 12.8. The lowest BCUT2D eigenvalue weighted by Gasteiger charge is -2.28. The van der Waals surface area contributed by atoms with Crippen molar-refractivity contribution in [3.8, 4) is 11.5 Å². The lowest BCUT2D eigenvalue weighted by molar-refractivity contribution is -0.384. The van der Waals surface area contributed by atoms with Crippen molar-refractivity contribution in [3.05, 3.63) is 76.6 Å². The van der Waals surface area contributed by atoms with Gasteiger partial charge in [0.2, 0.25) is 5.89 Å². The first kappa shape index (κ1) is 23.4. The highest BCUT2D eigenvalue weighted by Gasteiger charge is 2.23. The van der Waals surface area contributed by atoms with E-state index in [0.717, 1.165) is 37.9 Å². The minimum Gasteiger partial charge on any atom is -0.436 e. The summed E-state index contributed by atoms with van der Waals surface area (Å²) < 4.78 is 5.79. The number of rotatable bonds is 5. The molecule has 10 nitrogen and oxygen atoms in total. The van der Waals surface area contributed by atoms with E-state index in [-0.39, 0.29) is 16.4 Å². The average Bonchev–Trinajstić information content (AvgIpc) is 3.33. The molecule has 1 fully saturated rings. The molecule has 2 aromatic carbocycles. The Kier molecular flexibility index (Phi) is 6.54. The van der Waals surface area contributed by atoms with Crippen LogP contribution in [0.15, 0.2) is 65.3 Å². The van der Waals surface area contributed by atoms with Crippen molar-refractivity contribution < 1.29 is 14.1 Å². The quantitative estimate of drug-likeness (QED) is 0.222. The normalized spacial score (nSPS) is 13.4. The van der Waals surface area contributed by atoms with Crippen LogP contribution in [-0.4, -0.2) is 39.0 Å². The number of anilines is 2. The number of nitro benzene ring substituents is 1. The third-order valence-electron chi connectivity index (χ3n) is 5.93. The Labute approximate surface area is 211 Å². The minimum absolute atomic E-state index is 0.0555. The Morgan fingerprint density at radius 1 is 1.06 bits per heavy atom. The number of benzene rings is 2. The number of carbonyl (C=O) groups excluding carboxylic acids is 1. The summed E-state index contributed by atoms with van der Waals surface area (Å²) >= 11 is 5.29. The number of fused-ring (bicyclic) bond motifs is 1. The van der Waals surface area contributed by atoms with Gasteiger partial charge in [0.1, 0.15) is 11.2 Å². The maximum atomic E-state index is 12.8. The number of hydrogen-bond acceptors (Lipinski definition) is 8. The molecule has 1 amide bonds. The number of amides is 1. The van der Waals surface area contributed by atoms with E-state index in [1.54, 1.807) is 54.9 Å². The maximum Gasteiger partial charge on any atom is 0.293 e. The van der Waals surface area contributed by atoms with Crippen LogP contribution in [0.2, 0.25) is 0 Å². The van der Waals surface area contributed by atoms with Crippen LogP contribution in [-0.2, 0) is 0 Å². The van der Waals surface area contributed by atoms with Crippen LogP contribution in [0.1, 0.15) is 29.6 Å². The molecule has 2 aromatic heterocycles. The number of thiocarbonyl (C=S) groups is 1. The molecule has 5 rings (SSSR count). The van der Waals surface area contributed by atoms with Crippen LogP contribution >= 0.6 is 12.2 Å². The third-order valence-corrected chi connectivity index (χ3v) is 6.13. The molecular formula is C25H22N6O4S. The van der Waals surface area contributed by atoms with Crippen molar-refractivity contribution >= 4 is 51.4 Å². The lowest BCUT2D eigenvalue weighted by Crippen LogP contribution is -2.34. The Morgan fingerprint density at radius 3 is 2.58 bits per heavy atom. The van der Waals surface area contributed by atoms with Gasteiger partial charge in [0.15, 0.2) is 10.7 Å². The van der Waals surface area contributed by atoms with Crippen molar-refractivity contribution in [1.29, 1.82) is 0 Å². The van der Waals surface area contributed by atoms with E-state index in [4.69, 9.17) is 16.6 Å². The van der Waals surface area contributed by atoms with Gasteiger partial charge in [-0.05, 0) is 73.9 Å². The van der Waals surface area contributed by atoms with Gasteiger partial charge in [-0.2, -0.15) is 0 Å². The lowest BCUT2D eigenvalue weighted by atomic mass is 10.1. The van der Waals surface area contributed by atoms with E-state index in [1.807, 2.05) is 4.90 Å². The monoisotopic (exact) mass is 502 g/mol. The Balaban J connectivity index is 1.28. The number of nitrogens with zero attached hydrogens (tertiary/aromatic N) is 4. The molecule has 0 aliphatic carbocycles. The fourth-order valence-corrected chi connectivity index (χ4v) is 4.38. The Morgan fingerprint density at radius 2 is 1.83 bits per heavy atom. The summed E-state index contributed by atoms with van der Waals surface area (Å²) in [7, 11) is 0. The van der Waals surface area contributed by atoms with Gasteiger partial charge in [-0.25, -0.2) is 4.98 Å². The van der Waals surface area contributed by atoms with Crippen LogP contribution in [0.5, 0.6) is 0 Å². The largest absolute Gasteiger partial charge is 0.436 e. The van der Waals surface area contributed by atoms with Gasteiger partial charge in [-0.1, -0.05) is 0 Å². The summed E-state index contributed by atoms with van der Waals surface area (Å²) in [6, 6.07) is 13.4. The second-order valence-corrected chi connectivity index (χ2v) is 8.76. The molecule has 0 saturated carbocycles. The number of nitro groups is 1. The highest BCUT2D eigenvalue weighted by Crippen LogP contribution is 2.31. The highest BCUT2D eigenvalue weighted by atomic mass is 32.1. The molecule has 1 aliphatic rings. The van der Waals surface area contributed by atoms with Crippen LogP contribution in [0.25, 0.3) is 22.6 Å². The number of oxazole rings is 1. The third kappa shape index (κ3) is 5.01. The first-order valence-corrected chi connectivity index (χ1v) is 11.9. The standard InChI is InChI=1S/C25H22N6O4S/c32-23(17-4-6-20(21(14-17)31(33)34)30-12-2-1-3-13-30)29-25(36)27-18-5-7-22-19(15-18)28-24(35-22)16-8-10-26-11-9-16/h4-11,14-15H,1-3,12-13H2,(H2,27,29,32,36). The minimum atomic E-state index is -0.539. The van der Waals surface area contributed by atoms with Crippen molar-refractivity contribution in [1.82, 2.24) is 15.3 Å². The van der Waals surface area contributed by atoms with E-state index < -0.39 is 10.8 Å². The van der Waals surface area contributed by atoms with Gasteiger partial charge in [-0.3, -0.25) is 25.2 Å². The van der Waals surface area contributed by atoms with E-state index in [2.05, 4.69) is 20.6 Å². The number of nitrogens with one attached hydrogen (secondary N) is 2. The summed E-state index contributed by atoms with van der Waals surface area (Å²) in [6.07, 6.45) is 6.42. The van der Waals surface area contributed by atoms with Gasteiger partial charge in [-0.15, -0.1) is 0 Å². The molecule has 182 valence electrons. The summed E-state index contributed by atoms with van der Waals surface area (Å²) in [5, 5.41) is 17.3. The zero-order chi connectivity index (χ0) is 25.1. The van der Waals surface area contributed by atoms with Crippen LogP contribution in [0.4, 0.5) is 17.1 Å². The molecular weight excluding hydrogens is 480 g/mol. The molecule has 1 aliphatic heterocycles. The van der Waals surface area contributed by atoms with Crippen molar-refractivity contribution in [3.63, 3.8) is 0 Å². The zero-order valence-corrected chi connectivity index (χ0v) is 20.0. The molecule has 11 heteroatoms. The first-order chi connectivity index (χ1) is 17.5. The average molecular weight is 503 g/mol. The Hall–Kier alpha value is -4.38. The topological polar surface area (TPSA) is 126 Å². The Bertz CT molecular complexity index is 1450. The second kappa shape index (κ2) is 10.1. The summed E-state index contributed by atoms with van der Waals surface area (Å²) in [4.78, 5) is 34.5. The predicted molar refractivity (Wildman–Crippen MR) is 140 cm³/mol. The molecule has 2 N–H and O–H groups in total. The van der Waals surface area contributed by atoms with Gasteiger partial charge in [0.25, 0.3) is 11.6 Å². The van der Waals surface area contributed by atoms with Crippen molar-refractivity contribution in [2.45, 2.75) is 19.3 Å². The van der Waals surface area contributed by atoms with Gasteiger partial charge in [0.05, 0.1) is 4.92 Å². The number of carbonyl (C=O) groups is 1.